The van der Waals surface area contributed by atoms with E-state index in [-0.39, 0.29) is 18.4 Å². The van der Waals surface area contributed by atoms with Crippen molar-refractivity contribution in [3.63, 3.8) is 0 Å². The number of amides is 1. The molecule has 1 amide bonds. The Balaban J connectivity index is 1.65. The van der Waals surface area contributed by atoms with E-state index in [0.29, 0.717) is 17.9 Å². The topological polar surface area (TPSA) is 71.7 Å². The Morgan fingerprint density at radius 3 is 2.65 bits per heavy atom. The molecule has 1 aromatic carbocycles. The van der Waals surface area contributed by atoms with E-state index in [0.717, 1.165) is 18.6 Å². The largest absolute Gasteiger partial charge is 0.494 e. The fraction of sp³-hybridized carbons (Fsp3) is 0.389. The third-order valence-electron chi connectivity index (χ3n) is 4.15. The number of aliphatic hydroxyl groups is 1. The molecule has 0 aliphatic heterocycles. The molecule has 1 aliphatic carbocycles. The number of furan rings is 1. The molecule has 1 atom stereocenters. The summed E-state index contributed by atoms with van der Waals surface area (Å²) in [5, 5.41) is 13.7. The molecule has 2 aromatic rings. The first-order valence-corrected chi connectivity index (χ1v) is 7.91. The average molecular weight is 315 g/mol. The van der Waals surface area contributed by atoms with Crippen LogP contribution < -0.4 is 10.1 Å². The van der Waals surface area contributed by atoms with E-state index in [1.807, 2.05) is 6.92 Å². The van der Waals surface area contributed by atoms with Crippen LogP contribution in [0.1, 0.15) is 35.9 Å². The van der Waals surface area contributed by atoms with Crippen molar-refractivity contribution in [1.82, 2.24) is 5.32 Å². The van der Waals surface area contributed by atoms with E-state index in [9.17, 15) is 9.90 Å². The van der Waals surface area contributed by atoms with Gasteiger partial charge in [-0.05, 0) is 62.1 Å². The standard InChI is InChI=1S/C18H21NO4/c1-2-22-15-9-5-13(6-10-15)17(20)19-12-18(21,14-7-8-14)16-4-3-11-23-16/h3-6,9-11,14,21H,2,7-8,12H2,1H3,(H,19,20)/t18-/m0/s1. The third kappa shape index (κ3) is 3.40. The predicted octanol–water partition coefficient (Wildman–Crippen LogP) is 2.71. The van der Waals surface area contributed by atoms with E-state index in [2.05, 4.69) is 5.32 Å². The Morgan fingerprint density at radius 2 is 2.09 bits per heavy atom. The highest BCUT2D eigenvalue weighted by Crippen LogP contribution is 2.45. The van der Waals surface area contributed by atoms with Crippen LogP contribution in [0, 0.1) is 5.92 Å². The number of benzene rings is 1. The van der Waals surface area contributed by atoms with Gasteiger partial charge in [-0.2, -0.15) is 0 Å². The van der Waals surface area contributed by atoms with E-state index in [1.165, 1.54) is 6.26 Å². The van der Waals surface area contributed by atoms with Gasteiger partial charge >= 0.3 is 0 Å². The number of carbonyl (C=O) groups is 1. The van der Waals surface area contributed by atoms with Crippen LogP contribution in [0.3, 0.4) is 0 Å². The van der Waals surface area contributed by atoms with Crippen molar-refractivity contribution in [3.05, 3.63) is 54.0 Å². The molecule has 1 fully saturated rings. The molecule has 0 spiro atoms. The zero-order valence-electron chi connectivity index (χ0n) is 13.1. The number of hydrogen-bond donors (Lipinski definition) is 2. The maximum Gasteiger partial charge on any atom is 0.251 e. The highest BCUT2D eigenvalue weighted by atomic mass is 16.5. The molecule has 5 nitrogen and oxygen atoms in total. The van der Waals surface area contributed by atoms with E-state index >= 15 is 0 Å². The number of nitrogens with one attached hydrogen (secondary N) is 1. The number of carbonyl (C=O) groups excluding carboxylic acids is 1. The van der Waals surface area contributed by atoms with E-state index in [1.54, 1.807) is 36.4 Å². The van der Waals surface area contributed by atoms with Gasteiger partial charge in [0.05, 0.1) is 19.4 Å². The van der Waals surface area contributed by atoms with Gasteiger partial charge in [0.2, 0.25) is 0 Å². The van der Waals surface area contributed by atoms with Crippen molar-refractivity contribution in [1.29, 1.82) is 0 Å². The summed E-state index contributed by atoms with van der Waals surface area (Å²) in [4.78, 5) is 12.3. The van der Waals surface area contributed by atoms with Crippen LogP contribution in [0.25, 0.3) is 0 Å². The van der Waals surface area contributed by atoms with Gasteiger partial charge < -0.3 is 19.6 Å². The Labute approximate surface area is 135 Å². The number of hydrogen-bond acceptors (Lipinski definition) is 4. The number of rotatable bonds is 7. The van der Waals surface area contributed by atoms with Crippen LogP contribution in [0.2, 0.25) is 0 Å². The highest BCUT2D eigenvalue weighted by Gasteiger charge is 2.47. The van der Waals surface area contributed by atoms with Crippen LogP contribution in [-0.4, -0.2) is 24.2 Å². The second kappa shape index (κ2) is 6.46. The molecule has 0 unspecified atom stereocenters. The number of ether oxygens (including phenoxy) is 1. The molecule has 0 radical (unpaired) electrons. The Kier molecular flexibility index (Phi) is 4.39. The van der Waals surface area contributed by atoms with Crippen LogP contribution >= 0.6 is 0 Å². The van der Waals surface area contributed by atoms with Gasteiger partial charge in [-0.15, -0.1) is 0 Å². The lowest BCUT2D eigenvalue weighted by atomic mass is 9.94. The summed E-state index contributed by atoms with van der Waals surface area (Å²) in [6.45, 7) is 2.63. The maximum atomic E-state index is 12.3. The molecule has 1 aliphatic rings. The second-order valence-electron chi connectivity index (χ2n) is 5.82. The van der Waals surface area contributed by atoms with Gasteiger partial charge in [-0.1, -0.05) is 0 Å². The molecule has 5 heteroatoms. The smallest absolute Gasteiger partial charge is 0.251 e. The first-order chi connectivity index (χ1) is 11.1. The summed E-state index contributed by atoms with van der Waals surface area (Å²) in [5.41, 5.74) is -0.601. The lowest BCUT2D eigenvalue weighted by molar-refractivity contribution is -0.00610. The molecule has 23 heavy (non-hydrogen) atoms. The summed E-state index contributed by atoms with van der Waals surface area (Å²) < 4.78 is 10.7. The van der Waals surface area contributed by atoms with Gasteiger partial charge in [-0.3, -0.25) is 4.79 Å². The molecule has 1 aromatic heterocycles. The lowest BCUT2D eigenvalue weighted by Gasteiger charge is -2.26. The summed E-state index contributed by atoms with van der Waals surface area (Å²) in [7, 11) is 0. The highest BCUT2D eigenvalue weighted by molar-refractivity contribution is 5.94. The second-order valence-corrected chi connectivity index (χ2v) is 5.82. The Hall–Kier alpha value is -2.27. The molecule has 1 saturated carbocycles. The minimum absolute atomic E-state index is 0.134. The van der Waals surface area contributed by atoms with Crippen molar-refractivity contribution in [2.24, 2.45) is 5.92 Å². The fourth-order valence-corrected chi connectivity index (χ4v) is 2.70. The average Bonchev–Trinajstić information content (AvgIpc) is 3.28. The van der Waals surface area contributed by atoms with Gasteiger partial charge in [-0.25, -0.2) is 0 Å². The normalized spacial score (nSPS) is 16.6. The van der Waals surface area contributed by atoms with Gasteiger partial charge in [0.15, 0.2) is 0 Å². The Morgan fingerprint density at radius 1 is 1.35 bits per heavy atom. The molecule has 2 N–H and O–H groups in total. The zero-order chi connectivity index (χ0) is 16.3. The summed E-state index contributed by atoms with van der Waals surface area (Å²) >= 11 is 0. The SMILES string of the molecule is CCOc1ccc(C(=O)NC[C@@](O)(c2ccco2)C2CC2)cc1. The fourth-order valence-electron chi connectivity index (χ4n) is 2.70. The quantitative estimate of drug-likeness (QED) is 0.824. The van der Waals surface area contributed by atoms with Gasteiger partial charge in [0, 0.05) is 5.56 Å². The lowest BCUT2D eigenvalue weighted by Crippen LogP contribution is -2.42. The summed E-state index contributed by atoms with van der Waals surface area (Å²) in [6.07, 6.45) is 3.42. The van der Waals surface area contributed by atoms with Crippen LogP contribution in [0.4, 0.5) is 0 Å². The molecule has 0 bridgehead atoms. The third-order valence-corrected chi connectivity index (χ3v) is 4.15. The van der Waals surface area contributed by atoms with Crippen molar-refractivity contribution >= 4 is 5.91 Å². The molecular formula is C18H21NO4. The van der Waals surface area contributed by atoms with Crippen LogP contribution in [0.15, 0.2) is 47.1 Å². The molecule has 1 heterocycles. The summed E-state index contributed by atoms with van der Waals surface area (Å²) in [6, 6.07) is 10.4. The van der Waals surface area contributed by atoms with E-state index < -0.39 is 5.60 Å². The van der Waals surface area contributed by atoms with Crippen molar-refractivity contribution in [2.45, 2.75) is 25.4 Å². The van der Waals surface area contributed by atoms with Gasteiger partial charge in [0.1, 0.15) is 17.1 Å². The first kappa shape index (κ1) is 15.6. The molecular weight excluding hydrogens is 294 g/mol. The minimum atomic E-state index is -1.13. The van der Waals surface area contributed by atoms with Crippen LogP contribution in [-0.2, 0) is 5.60 Å². The molecule has 0 saturated heterocycles. The maximum absolute atomic E-state index is 12.3. The van der Waals surface area contributed by atoms with Crippen molar-refractivity contribution < 1.29 is 19.1 Å². The van der Waals surface area contributed by atoms with Gasteiger partial charge in [0.25, 0.3) is 5.91 Å². The van der Waals surface area contributed by atoms with Crippen molar-refractivity contribution in [2.75, 3.05) is 13.2 Å². The van der Waals surface area contributed by atoms with Crippen LogP contribution in [0.5, 0.6) is 5.75 Å². The minimum Gasteiger partial charge on any atom is -0.494 e. The first-order valence-electron chi connectivity index (χ1n) is 7.91. The predicted molar refractivity (Wildman–Crippen MR) is 85.3 cm³/mol. The molecule has 3 rings (SSSR count). The molecule has 122 valence electrons. The Bertz CT molecular complexity index is 646. The van der Waals surface area contributed by atoms with Crippen molar-refractivity contribution in [3.8, 4) is 5.75 Å². The van der Waals surface area contributed by atoms with E-state index in [4.69, 9.17) is 9.15 Å². The summed E-state index contributed by atoms with van der Waals surface area (Å²) in [5.74, 6) is 1.15. The monoisotopic (exact) mass is 315 g/mol. The zero-order valence-corrected chi connectivity index (χ0v) is 13.1.